The van der Waals surface area contributed by atoms with Crippen molar-refractivity contribution in [2.24, 2.45) is 0 Å². The van der Waals surface area contributed by atoms with Gasteiger partial charge in [0.2, 0.25) is 5.91 Å². The maximum absolute atomic E-state index is 12.4. The van der Waals surface area contributed by atoms with Crippen molar-refractivity contribution in [3.8, 4) is 0 Å². The number of amides is 1. The summed E-state index contributed by atoms with van der Waals surface area (Å²) < 4.78 is 5.49. The van der Waals surface area contributed by atoms with E-state index in [1.54, 1.807) is 6.08 Å². The van der Waals surface area contributed by atoms with Gasteiger partial charge in [-0.2, -0.15) is 0 Å². The van der Waals surface area contributed by atoms with E-state index in [0.29, 0.717) is 19.4 Å². The highest BCUT2D eigenvalue weighted by atomic mass is 16.5. The van der Waals surface area contributed by atoms with Crippen LogP contribution in [0.5, 0.6) is 0 Å². The molecule has 6 heteroatoms. The van der Waals surface area contributed by atoms with Crippen LogP contribution in [-0.2, 0) is 14.3 Å². The van der Waals surface area contributed by atoms with Crippen LogP contribution >= 0.6 is 0 Å². The molecule has 0 heterocycles. The molecule has 0 rings (SSSR count). The number of aliphatic hydroxyl groups excluding tert-OH is 2. The Labute approximate surface area is 469 Å². The monoisotopic (exact) mass is 1060 g/mol. The molecule has 0 fully saturated rings. The van der Waals surface area contributed by atoms with Crippen LogP contribution in [0.4, 0.5) is 0 Å². The van der Waals surface area contributed by atoms with E-state index in [9.17, 15) is 19.8 Å². The second-order valence-electron chi connectivity index (χ2n) is 23.5. The summed E-state index contributed by atoms with van der Waals surface area (Å²) in [5.41, 5.74) is 0. The second kappa shape index (κ2) is 64.9. The van der Waals surface area contributed by atoms with E-state index in [1.807, 2.05) is 6.08 Å². The predicted molar refractivity (Wildman–Crippen MR) is 329 cm³/mol. The highest BCUT2D eigenvalue weighted by molar-refractivity contribution is 5.76. The average Bonchev–Trinajstić information content (AvgIpc) is 3.41. The fourth-order valence-corrected chi connectivity index (χ4v) is 10.7. The van der Waals surface area contributed by atoms with E-state index in [-0.39, 0.29) is 18.5 Å². The van der Waals surface area contributed by atoms with E-state index >= 15 is 0 Å². The van der Waals surface area contributed by atoms with Crippen LogP contribution in [-0.4, -0.2) is 47.4 Å². The molecule has 0 aromatic heterocycles. The molecule has 0 bridgehead atoms. The van der Waals surface area contributed by atoms with Crippen LogP contribution in [0, 0.1) is 0 Å². The van der Waals surface area contributed by atoms with Gasteiger partial charge in [0.05, 0.1) is 25.4 Å². The number of hydrogen-bond donors (Lipinski definition) is 3. The molecule has 0 aromatic rings. The van der Waals surface area contributed by atoms with Crippen molar-refractivity contribution < 1.29 is 24.5 Å². The smallest absolute Gasteiger partial charge is 0.305 e. The van der Waals surface area contributed by atoms with Crippen molar-refractivity contribution in [2.45, 2.75) is 392 Å². The lowest BCUT2D eigenvalue weighted by atomic mass is 10.0. The number of hydrogen-bond acceptors (Lipinski definition) is 5. The van der Waals surface area contributed by atoms with Crippen molar-refractivity contribution in [3.63, 3.8) is 0 Å². The number of carbonyl (C=O) groups excluding carboxylic acids is 2. The van der Waals surface area contributed by atoms with E-state index in [1.165, 1.54) is 315 Å². The molecule has 2 atom stereocenters. The average molecular weight is 1060 g/mol. The van der Waals surface area contributed by atoms with Gasteiger partial charge in [0, 0.05) is 12.8 Å². The maximum Gasteiger partial charge on any atom is 0.305 e. The first-order valence-corrected chi connectivity index (χ1v) is 34.1. The second-order valence-corrected chi connectivity index (χ2v) is 23.5. The van der Waals surface area contributed by atoms with Gasteiger partial charge in [0.15, 0.2) is 0 Å². The lowest BCUT2D eigenvalue weighted by molar-refractivity contribution is -0.143. The van der Waals surface area contributed by atoms with E-state index in [4.69, 9.17) is 4.74 Å². The third-order valence-corrected chi connectivity index (χ3v) is 16.0. The Kier molecular flexibility index (Phi) is 63.4. The van der Waals surface area contributed by atoms with Crippen molar-refractivity contribution in [2.75, 3.05) is 13.2 Å². The highest BCUT2D eigenvalue weighted by Gasteiger charge is 2.18. The minimum atomic E-state index is -0.839. The molecule has 3 N–H and O–H groups in total. The Morgan fingerprint density at radius 2 is 0.627 bits per heavy atom. The Morgan fingerprint density at radius 1 is 0.360 bits per heavy atom. The molecule has 0 radical (unpaired) electrons. The quantitative estimate of drug-likeness (QED) is 0.0320. The summed E-state index contributed by atoms with van der Waals surface area (Å²) in [5.74, 6) is -0.0430. The van der Waals surface area contributed by atoms with Crippen molar-refractivity contribution in [3.05, 3.63) is 24.3 Å². The van der Waals surface area contributed by atoms with Crippen LogP contribution in [0.3, 0.4) is 0 Å². The number of carbonyl (C=O) groups is 2. The lowest BCUT2D eigenvalue weighted by Gasteiger charge is -2.20. The Morgan fingerprint density at radius 3 is 0.947 bits per heavy atom. The van der Waals surface area contributed by atoms with E-state index < -0.39 is 12.1 Å². The molecule has 75 heavy (non-hydrogen) atoms. The molecule has 0 saturated carbocycles. The lowest BCUT2D eigenvalue weighted by Crippen LogP contribution is -2.45. The van der Waals surface area contributed by atoms with Crippen molar-refractivity contribution in [1.82, 2.24) is 5.32 Å². The number of unbranched alkanes of at least 4 members (excludes halogenated alkanes) is 51. The van der Waals surface area contributed by atoms with Crippen molar-refractivity contribution >= 4 is 11.9 Å². The molecule has 0 aliphatic rings. The number of nitrogens with one attached hydrogen (secondary N) is 1. The van der Waals surface area contributed by atoms with Gasteiger partial charge in [0.1, 0.15) is 0 Å². The first-order chi connectivity index (χ1) is 37.0. The number of esters is 1. The summed E-state index contributed by atoms with van der Waals surface area (Å²) in [6.07, 6.45) is 81.3. The molecule has 444 valence electrons. The normalized spacial score (nSPS) is 12.6. The third-order valence-electron chi connectivity index (χ3n) is 16.0. The zero-order valence-electron chi connectivity index (χ0n) is 50.8. The number of rotatable bonds is 64. The highest BCUT2D eigenvalue weighted by Crippen LogP contribution is 2.18. The first-order valence-electron chi connectivity index (χ1n) is 34.1. The van der Waals surface area contributed by atoms with Gasteiger partial charge < -0.3 is 20.3 Å². The van der Waals surface area contributed by atoms with Crippen LogP contribution < -0.4 is 5.32 Å². The van der Waals surface area contributed by atoms with Gasteiger partial charge in [-0.05, 0) is 57.8 Å². The minimum Gasteiger partial charge on any atom is -0.466 e. The molecule has 0 spiro atoms. The van der Waals surface area contributed by atoms with Gasteiger partial charge in [-0.1, -0.05) is 334 Å². The fraction of sp³-hybridized carbons (Fsp3) is 0.913. The van der Waals surface area contributed by atoms with Gasteiger partial charge >= 0.3 is 5.97 Å². The van der Waals surface area contributed by atoms with E-state index in [0.717, 1.165) is 38.5 Å². The Balaban J connectivity index is 3.32. The Hall–Kier alpha value is -1.66. The molecular weight excluding hydrogens is 923 g/mol. The van der Waals surface area contributed by atoms with E-state index in [2.05, 4.69) is 31.3 Å². The minimum absolute atomic E-state index is 0.0219. The largest absolute Gasteiger partial charge is 0.466 e. The maximum atomic E-state index is 12.4. The third kappa shape index (κ3) is 61.4. The summed E-state index contributed by atoms with van der Waals surface area (Å²) in [4.78, 5) is 24.5. The predicted octanol–water partition coefficient (Wildman–Crippen LogP) is 21.8. The molecule has 0 aromatic carbocycles. The van der Waals surface area contributed by atoms with Crippen LogP contribution in [0.25, 0.3) is 0 Å². The van der Waals surface area contributed by atoms with Gasteiger partial charge in [-0.15, -0.1) is 0 Å². The summed E-state index contributed by atoms with van der Waals surface area (Å²) in [7, 11) is 0. The fourth-order valence-electron chi connectivity index (χ4n) is 10.7. The molecular formula is C69H133NO5. The number of allylic oxidation sites excluding steroid dienone is 3. The standard InChI is InChI=1S/C69H133NO5/c1-3-5-7-9-11-13-15-39-43-47-51-55-59-63-69(74)75-64-60-56-52-48-44-41-38-36-34-32-30-28-26-24-22-20-18-16-17-19-21-23-25-27-29-31-33-35-37-40-42-46-50-54-58-62-68(73)70-66(65-71)67(72)61-57-53-49-45-14-12-10-8-6-4-2/h18,20,57,61,66-67,71-72H,3-17,19,21-56,58-60,62-65H2,1-2H3,(H,70,73)/b20-18-,61-57+. The molecule has 0 aliphatic carbocycles. The topological polar surface area (TPSA) is 95.9 Å². The molecule has 1 amide bonds. The Bertz CT molecular complexity index is 1170. The van der Waals surface area contributed by atoms with Crippen LogP contribution in [0.2, 0.25) is 0 Å². The zero-order valence-corrected chi connectivity index (χ0v) is 50.8. The first kappa shape index (κ1) is 73.3. The van der Waals surface area contributed by atoms with Crippen molar-refractivity contribution in [1.29, 1.82) is 0 Å². The van der Waals surface area contributed by atoms with Gasteiger partial charge in [-0.3, -0.25) is 9.59 Å². The number of ether oxygens (including phenoxy) is 1. The SMILES string of the molecule is CCCCCCCCCC/C=C/C(O)C(CO)NC(=O)CCCCCCCCCCCCCCCCCCC/C=C\CCCCCCCCCCCCCCCCOC(=O)CCCCCCCCCCCCCCC. The number of aliphatic hydroxyl groups is 2. The summed E-state index contributed by atoms with van der Waals surface area (Å²) in [5, 5.41) is 23.0. The summed E-state index contributed by atoms with van der Waals surface area (Å²) in [6, 6.07) is -0.623. The summed E-state index contributed by atoms with van der Waals surface area (Å²) >= 11 is 0. The van der Waals surface area contributed by atoms with Gasteiger partial charge in [0.25, 0.3) is 0 Å². The zero-order chi connectivity index (χ0) is 54.3. The van der Waals surface area contributed by atoms with Gasteiger partial charge in [-0.25, -0.2) is 0 Å². The molecule has 2 unspecified atom stereocenters. The summed E-state index contributed by atoms with van der Waals surface area (Å²) in [6.45, 7) is 4.91. The molecule has 6 nitrogen and oxygen atoms in total. The van der Waals surface area contributed by atoms with Crippen LogP contribution in [0.1, 0.15) is 380 Å². The molecule has 0 aliphatic heterocycles. The van der Waals surface area contributed by atoms with Crippen LogP contribution in [0.15, 0.2) is 24.3 Å². The molecule has 0 saturated heterocycles.